The number of aliphatic carboxylic acids is 1. The molecule has 1 aliphatic heterocycles. The zero-order valence-electron chi connectivity index (χ0n) is 15.1. The number of likely N-dealkylation sites (tertiary alicyclic amines) is 1. The number of ether oxygens (including phenoxy) is 1. The number of carboxylic acids is 1. The SMILES string of the molecule is CC(C)N(C[C@H]1CCCCN1CC(=O)O)C(=O)OCc1ccccc1. The molecule has 0 aliphatic carbocycles. The largest absolute Gasteiger partial charge is 0.480 e. The molecule has 6 heteroatoms. The van der Waals surface area contributed by atoms with Crippen LogP contribution in [0.15, 0.2) is 30.3 Å². The number of carbonyl (C=O) groups is 2. The van der Waals surface area contributed by atoms with Crippen LogP contribution in [0.25, 0.3) is 0 Å². The van der Waals surface area contributed by atoms with Gasteiger partial charge < -0.3 is 14.7 Å². The topological polar surface area (TPSA) is 70.1 Å². The lowest BCUT2D eigenvalue weighted by atomic mass is 10.0. The summed E-state index contributed by atoms with van der Waals surface area (Å²) in [6, 6.07) is 9.65. The van der Waals surface area contributed by atoms with Crippen molar-refractivity contribution in [1.82, 2.24) is 9.80 Å². The Morgan fingerprint density at radius 1 is 1.28 bits per heavy atom. The number of benzene rings is 1. The lowest BCUT2D eigenvalue weighted by Crippen LogP contribution is -2.51. The maximum absolute atomic E-state index is 12.5. The van der Waals surface area contributed by atoms with E-state index in [1.165, 1.54) is 0 Å². The van der Waals surface area contributed by atoms with E-state index in [-0.39, 0.29) is 31.3 Å². The van der Waals surface area contributed by atoms with Crippen molar-refractivity contribution in [3.05, 3.63) is 35.9 Å². The molecule has 1 aromatic carbocycles. The first kappa shape index (κ1) is 19.2. The number of nitrogens with zero attached hydrogens (tertiary/aromatic N) is 2. The molecule has 25 heavy (non-hydrogen) atoms. The van der Waals surface area contributed by atoms with Crippen LogP contribution in [0, 0.1) is 0 Å². The van der Waals surface area contributed by atoms with Crippen LogP contribution >= 0.6 is 0 Å². The van der Waals surface area contributed by atoms with Crippen LogP contribution in [-0.4, -0.2) is 58.7 Å². The predicted octanol–water partition coefficient (Wildman–Crippen LogP) is 2.97. The monoisotopic (exact) mass is 348 g/mol. The van der Waals surface area contributed by atoms with E-state index < -0.39 is 5.97 Å². The zero-order valence-corrected chi connectivity index (χ0v) is 15.1. The second-order valence-corrected chi connectivity index (χ2v) is 6.80. The summed E-state index contributed by atoms with van der Waals surface area (Å²) in [6.07, 6.45) is 2.62. The summed E-state index contributed by atoms with van der Waals surface area (Å²) in [6.45, 7) is 5.44. The fraction of sp³-hybridized carbons (Fsp3) is 0.579. The molecule has 0 radical (unpaired) electrons. The Morgan fingerprint density at radius 3 is 2.64 bits per heavy atom. The molecule has 1 heterocycles. The molecule has 1 aliphatic rings. The number of amides is 1. The van der Waals surface area contributed by atoms with Gasteiger partial charge in [0.25, 0.3) is 0 Å². The van der Waals surface area contributed by atoms with Crippen molar-refractivity contribution < 1.29 is 19.4 Å². The van der Waals surface area contributed by atoms with E-state index in [9.17, 15) is 9.59 Å². The van der Waals surface area contributed by atoms with E-state index in [1.807, 2.05) is 49.1 Å². The molecule has 0 bridgehead atoms. The van der Waals surface area contributed by atoms with Gasteiger partial charge in [-0.25, -0.2) is 4.79 Å². The Morgan fingerprint density at radius 2 is 2.00 bits per heavy atom. The average Bonchev–Trinajstić information content (AvgIpc) is 2.59. The molecule has 0 unspecified atom stereocenters. The van der Waals surface area contributed by atoms with Gasteiger partial charge in [-0.3, -0.25) is 9.69 Å². The number of hydrogen-bond donors (Lipinski definition) is 1. The molecule has 1 atom stereocenters. The molecule has 1 aromatic rings. The highest BCUT2D eigenvalue weighted by atomic mass is 16.6. The van der Waals surface area contributed by atoms with Gasteiger partial charge in [0.15, 0.2) is 0 Å². The number of carboxylic acid groups (broad SMARTS) is 1. The molecule has 6 nitrogen and oxygen atoms in total. The van der Waals surface area contributed by atoms with Crippen LogP contribution in [0.3, 0.4) is 0 Å². The van der Waals surface area contributed by atoms with Crippen LogP contribution in [0.1, 0.15) is 38.7 Å². The maximum atomic E-state index is 12.5. The first-order valence-corrected chi connectivity index (χ1v) is 8.90. The van der Waals surface area contributed by atoms with Crippen molar-refractivity contribution in [2.75, 3.05) is 19.6 Å². The minimum Gasteiger partial charge on any atom is -0.480 e. The molecule has 1 saturated heterocycles. The number of hydrogen-bond acceptors (Lipinski definition) is 4. The van der Waals surface area contributed by atoms with Gasteiger partial charge in [-0.15, -0.1) is 0 Å². The normalized spacial score (nSPS) is 18.1. The Balaban J connectivity index is 1.96. The quantitative estimate of drug-likeness (QED) is 0.820. The van der Waals surface area contributed by atoms with E-state index >= 15 is 0 Å². The third kappa shape index (κ3) is 6.05. The summed E-state index contributed by atoms with van der Waals surface area (Å²) >= 11 is 0. The highest BCUT2D eigenvalue weighted by molar-refractivity contribution is 5.69. The Kier molecular flexibility index (Phi) is 7.25. The molecule has 138 valence electrons. The minimum absolute atomic E-state index is 0.00289. The van der Waals surface area contributed by atoms with Gasteiger partial charge >= 0.3 is 12.1 Å². The van der Waals surface area contributed by atoms with Crippen LogP contribution < -0.4 is 0 Å². The molecular weight excluding hydrogens is 320 g/mol. The fourth-order valence-corrected chi connectivity index (χ4v) is 3.17. The van der Waals surface area contributed by atoms with E-state index in [0.29, 0.717) is 6.54 Å². The lowest BCUT2D eigenvalue weighted by molar-refractivity contribution is -0.139. The molecule has 0 saturated carbocycles. The van der Waals surface area contributed by atoms with Gasteiger partial charge in [0, 0.05) is 18.6 Å². The minimum atomic E-state index is -0.824. The molecule has 0 aromatic heterocycles. The van der Waals surface area contributed by atoms with Gasteiger partial charge in [-0.05, 0) is 38.8 Å². The first-order chi connectivity index (χ1) is 12.0. The van der Waals surface area contributed by atoms with Gasteiger partial charge in [0.1, 0.15) is 6.61 Å². The van der Waals surface area contributed by atoms with E-state index in [2.05, 4.69) is 0 Å². The second-order valence-electron chi connectivity index (χ2n) is 6.80. The number of carbonyl (C=O) groups excluding carboxylic acids is 1. The highest BCUT2D eigenvalue weighted by Gasteiger charge is 2.29. The highest BCUT2D eigenvalue weighted by Crippen LogP contribution is 2.19. The third-order valence-electron chi connectivity index (χ3n) is 4.56. The molecule has 1 N–H and O–H groups in total. The van der Waals surface area contributed by atoms with Gasteiger partial charge in [-0.1, -0.05) is 36.8 Å². The van der Waals surface area contributed by atoms with Crippen molar-refractivity contribution in [3.8, 4) is 0 Å². The van der Waals surface area contributed by atoms with Crippen LogP contribution in [-0.2, 0) is 16.1 Å². The van der Waals surface area contributed by atoms with Crippen molar-refractivity contribution in [1.29, 1.82) is 0 Å². The van der Waals surface area contributed by atoms with Crippen molar-refractivity contribution >= 4 is 12.1 Å². The van der Waals surface area contributed by atoms with Crippen molar-refractivity contribution in [2.24, 2.45) is 0 Å². The summed E-state index contributed by atoms with van der Waals surface area (Å²) in [5.74, 6) is -0.824. The smallest absolute Gasteiger partial charge is 0.410 e. The Bertz CT molecular complexity index is 562. The maximum Gasteiger partial charge on any atom is 0.410 e. The van der Waals surface area contributed by atoms with E-state index in [4.69, 9.17) is 9.84 Å². The summed E-state index contributed by atoms with van der Waals surface area (Å²) in [5, 5.41) is 9.10. The van der Waals surface area contributed by atoms with E-state index in [0.717, 1.165) is 31.4 Å². The molecule has 2 rings (SSSR count). The fourth-order valence-electron chi connectivity index (χ4n) is 3.17. The third-order valence-corrected chi connectivity index (χ3v) is 4.56. The summed E-state index contributed by atoms with van der Waals surface area (Å²) in [4.78, 5) is 27.3. The molecule has 1 fully saturated rings. The van der Waals surface area contributed by atoms with Gasteiger partial charge in [0.05, 0.1) is 6.54 Å². The lowest BCUT2D eigenvalue weighted by Gasteiger charge is -2.38. The second kappa shape index (κ2) is 9.42. The van der Waals surface area contributed by atoms with Gasteiger partial charge in [0.2, 0.25) is 0 Å². The predicted molar refractivity (Wildman–Crippen MR) is 95.3 cm³/mol. The van der Waals surface area contributed by atoms with E-state index in [1.54, 1.807) is 4.90 Å². The van der Waals surface area contributed by atoms with Crippen molar-refractivity contribution in [3.63, 3.8) is 0 Å². The van der Waals surface area contributed by atoms with Crippen LogP contribution in [0.5, 0.6) is 0 Å². The van der Waals surface area contributed by atoms with Crippen LogP contribution in [0.4, 0.5) is 4.79 Å². The molecule has 1 amide bonds. The summed E-state index contributed by atoms with van der Waals surface area (Å²) in [7, 11) is 0. The molecule has 0 spiro atoms. The Labute approximate surface area is 149 Å². The number of piperidine rings is 1. The number of rotatable bonds is 7. The zero-order chi connectivity index (χ0) is 18.2. The summed E-state index contributed by atoms with van der Waals surface area (Å²) in [5.41, 5.74) is 0.949. The Hall–Kier alpha value is -2.08. The average molecular weight is 348 g/mol. The van der Waals surface area contributed by atoms with Crippen LogP contribution in [0.2, 0.25) is 0 Å². The van der Waals surface area contributed by atoms with Crippen molar-refractivity contribution in [2.45, 2.75) is 51.8 Å². The molecular formula is C19H28N2O4. The standard InChI is InChI=1S/C19H28N2O4/c1-15(2)21(19(24)25-14-16-8-4-3-5-9-16)12-17-10-6-7-11-20(17)13-18(22)23/h3-5,8-9,15,17H,6-7,10-14H2,1-2H3,(H,22,23)/t17-/m1/s1. The van der Waals surface area contributed by atoms with Gasteiger partial charge in [-0.2, -0.15) is 0 Å². The summed E-state index contributed by atoms with van der Waals surface area (Å²) < 4.78 is 5.46. The first-order valence-electron chi connectivity index (χ1n) is 8.90.